The number of carboxylic acids is 1. The average Bonchev–Trinajstić information content (AvgIpc) is 2.42. The van der Waals surface area contributed by atoms with Gasteiger partial charge in [-0.25, -0.2) is 0 Å². The van der Waals surface area contributed by atoms with E-state index in [4.69, 9.17) is 5.11 Å². The number of amides is 1. The summed E-state index contributed by atoms with van der Waals surface area (Å²) < 4.78 is 0. The van der Waals surface area contributed by atoms with Crippen LogP contribution in [0, 0.1) is 0 Å². The molecule has 0 bridgehead atoms. The van der Waals surface area contributed by atoms with Crippen LogP contribution in [0.3, 0.4) is 0 Å². The Hall–Kier alpha value is -2.08. The molecule has 1 aromatic rings. The Bertz CT molecular complexity index is 483. The monoisotopic (exact) mass is 293 g/mol. The van der Waals surface area contributed by atoms with E-state index in [9.17, 15) is 9.59 Å². The molecule has 1 N–H and O–H groups in total. The maximum atomic E-state index is 12.4. The second-order valence-electron chi connectivity index (χ2n) is 5.37. The molecule has 116 valence electrons. The van der Waals surface area contributed by atoms with Crippen LogP contribution in [0.2, 0.25) is 0 Å². The number of nitrogens with zero attached hydrogens (tertiary/aromatic N) is 3. The smallest absolute Gasteiger partial charge is 0.323 e. The lowest BCUT2D eigenvalue weighted by atomic mass is 10.1. The molecule has 0 heterocycles. The van der Waals surface area contributed by atoms with Crippen molar-refractivity contribution in [3.8, 4) is 0 Å². The van der Waals surface area contributed by atoms with E-state index < -0.39 is 5.97 Å². The Labute approximate surface area is 125 Å². The van der Waals surface area contributed by atoms with Gasteiger partial charge in [-0.2, -0.15) is 0 Å². The van der Waals surface area contributed by atoms with Crippen LogP contribution in [0.4, 0.5) is 5.69 Å². The first-order chi connectivity index (χ1) is 9.81. The summed E-state index contributed by atoms with van der Waals surface area (Å²) in [5.74, 6) is -1.27. The number of likely N-dealkylation sites (N-methyl/N-ethyl adjacent to an activating group) is 1. The lowest BCUT2D eigenvalue weighted by Crippen LogP contribution is -2.40. The van der Waals surface area contributed by atoms with E-state index in [-0.39, 0.29) is 12.5 Å². The van der Waals surface area contributed by atoms with Crippen molar-refractivity contribution < 1.29 is 14.7 Å². The summed E-state index contributed by atoms with van der Waals surface area (Å²) in [6.07, 6.45) is 0. The van der Waals surface area contributed by atoms with Gasteiger partial charge < -0.3 is 19.8 Å². The summed E-state index contributed by atoms with van der Waals surface area (Å²) in [6, 6.07) is 7.14. The third-order valence-electron chi connectivity index (χ3n) is 3.06. The quantitative estimate of drug-likeness (QED) is 0.807. The van der Waals surface area contributed by atoms with Gasteiger partial charge in [-0.1, -0.05) is 0 Å². The van der Waals surface area contributed by atoms with Crippen LogP contribution < -0.4 is 4.90 Å². The average molecular weight is 293 g/mol. The summed E-state index contributed by atoms with van der Waals surface area (Å²) in [5, 5.41) is 8.95. The van der Waals surface area contributed by atoms with Gasteiger partial charge in [0.2, 0.25) is 0 Å². The van der Waals surface area contributed by atoms with Crippen molar-refractivity contribution in [2.75, 3.05) is 52.7 Å². The highest BCUT2D eigenvalue weighted by Gasteiger charge is 2.18. The number of carbonyl (C=O) groups is 2. The molecule has 0 unspecified atom stereocenters. The second-order valence-corrected chi connectivity index (χ2v) is 5.37. The summed E-state index contributed by atoms with van der Waals surface area (Å²) in [7, 11) is 7.61. The highest BCUT2D eigenvalue weighted by molar-refractivity contribution is 5.96. The molecule has 0 aliphatic rings. The fourth-order valence-electron chi connectivity index (χ4n) is 1.82. The minimum absolute atomic E-state index is 0.260. The lowest BCUT2D eigenvalue weighted by Gasteiger charge is -2.23. The van der Waals surface area contributed by atoms with E-state index in [1.807, 2.05) is 50.1 Å². The molecule has 0 spiro atoms. The second kappa shape index (κ2) is 7.64. The van der Waals surface area contributed by atoms with Crippen molar-refractivity contribution in [1.29, 1.82) is 0 Å². The van der Waals surface area contributed by atoms with Crippen LogP contribution in [-0.4, -0.2) is 74.6 Å². The van der Waals surface area contributed by atoms with E-state index >= 15 is 0 Å². The molecule has 0 aliphatic carbocycles. The zero-order valence-corrected chi connectivity index (χ0v) is 13.0. The molecule has 1 rings (SSSR count). The summed E-state index contributed by atoms with van der Waals surface area (Å²) >= 11 is 0. The predicted octanol–water partition coefficient (Wildman–Crippen LogP) is 0.841. The van der Waals surface area contributed by atoms with Gasteiger partial charge in [-0.15, -0.1) is 0 Å². The molecule has 6 nitrogen and oxygen atoms in total. The Morgan fingerprint density at radius 2 is 1.57 bits per heavy atom. The third-order valence-corrected chi connectivity index (χ3v) is 3.06. The number of carbonyl (C=O) groups excluding carboxylic acids is 1. The molecule has 1 aromatic carbocycles. The number of carboxylic acid groups (broad SMARTS) is 1. The van der Waals surface area contributed by atoms with Gasteiger partial charge in [0.1, 0.15) is 6.54 Å². The van der Waals surface area contributed by atoms with Crippen molar-refractivity contribution in [2.24, 2.45) is 0 Å². The minimum atomic E-state index is -1.01. The number of hydrogen-bond donors (Lipinski definition) is 1. The van der Waals surface area contributed by atoms with Gasteiger partial charge in [-0.05, 0) is 38.4 Å². The minimum Gasteiger partial charge on any atom is -0.480 e. The zero-order chi connectivity index (χ0) is 16.0. The summed E-state index contributed by atoms with van der Waals surface area (Å²) in [6.45, 7) is 0.713. The third kappa shape index (κ3) is 5.43. The van der Waals surface area contributed by atoms with Crippen molar-refractivity contribution in [1.82, 2.24) is 9.80 Å². The highest BCUT2D eigenvalue weighted by Crippen LogP contribution is 2.13. The topological polar surface area (TPSA) is 64.1 Å². The molecule has 0 aliphatic heterocycles. The van der Waals surface area contributed by atoms with E-state index in [0.29, 0.717) is 18.7 Å². The van der Waals surface area contributed by atoms with Gasteiger partial charge in [0, 0.05) is 38.4 Å². The van der Waals surface area contributed by atoms with E-state index in [2.05, 4.69) is 0 Å². The normalized spacial score (nSPS) is 10.5. The standard InChI is InChI=1S/C15H23N3O3/c1-16(2)9-10-18(11-14(19)20)15(21)12-5-7-13(8-6-12)17(3)4/h5-8H,9-11H2,1-4H3,(H,19,20). The number of hydrogen-bond acceptors (Lipinski definition) is 4. The van der Waals surface area contributed by atoms with Crippen LogP contribution in [-0.2, 0) is 4.79 Å². The van der Waals surface area contributed by atoms with E-state index in [1.165, 1.54) is 4.90 Å². The van der Waals surface area contributed by atoms with Crippen molar-refractivity contribution in [3.05, 3.63) is 29.8 Å². The maximum Gasteiger partial charge on any atom is 0.323 e. The number of rotatable bonds is 7. The van der Waals surface area contributed by atoms with E-state index in [1.54, 1.807) is 12.1 Å². The first-order valence-electron chi connectivity index (χ1n) is 6.74. The van der Waals surface area contributed by atoms with Gasteiger partial charge in [0.15, 0.2) is 0 Å². The number of aliphatic carboxylic acids is 1. The Kier molecular flexibility index (Phi) is 6.17. The Morgan fingerprint density at radius 1 is 1.00 bits per heavy atom. The molecule has 21 heavy (non-hydrogen) atoms. The summed E-state index contributed by atoms with van der Waals surface area (Å²) in [4.78, 5) is 28.5. The van der Waals surface area contributed by atoms with Crippen LogP contribution >= 0.6 is 0 Å². The zero-order valence-electron chi connectivity index (χ0n) is 13.0. The van der Waals surface area contributed by atoms with Crippen molar-refractivity contribution in [3.63, 3.8) is 0 Å². The summed E-state index contributed by atoms with van der Waals surface area (Å²) in [5.41, 5.74) is 1.49. The van der Waals surface area contributed by atoms with Gasteiger partial charge in [-0.3, -0.25) is 9.59 Å². The van der Waals surface area contributed by atoms with Gasteiger partial charge in [0.05, 0.1) is 0 Å². The number of benzene rings is 1. The van der Waals surface area contributed by atoms with Gasteiger partial charge in [0.25, 0.3) is 5.91 Å². The SMILES string of the molecule is CN(C)CCN(CC(=O)O)C(=O)c1ccc(N(C)C)cc1. The first kappa shape index (κ1) is 17.0. The van der Waals surface area contributed by atoms with Crippen LogP contribution in [0.25, 0.3) is 0 Å². The van der Waals surface area contributed by atoms with E-state index in [0.717, 1.165) is 5.69 Å². The number of anilines is 1. The molecule has 6 heteroatoms. The maximum absolute atomic E-state index is 12.4. The van der Waals surface area contributed by atoms with Crippen LogP contribution in [0.5, 0.6) is 0 Å². The molecule has 0 radical (unpaired) electrons. The highest BCUT2D eigenvalue weighted by atomic mass is 16.4. The molecule has 1 amide bonds. The molecule has 0 aromatic heterocycles. The fourth-order valence-corrected chi connectivity index (χ4v) is 1.82. The Morgan fingerprint density at radius 3 is 2.00 bits per heavy atom. The molecular formula is C15H23N3O3. The largest absolute Gasteiger partial charge is 0.480 e. The molecular weight excluding hydrogens is 270 g/mol. The van der Waals surface area contributed by atoms with Gasteiger partial charge >= 0.3 is 5.97 Å². The van der Waals surface area contributed by atoms with Crippen molar-refractivity contribution in [2.45, 2.75) is 0 Å². The molecule has 0 saturated heterocycles. The Balaban J connectivity index is 2.85. The predicted molar refractivity (Wildman–Crippen MR) is 82.9 cm³/mol. The molecule has 0 fully saturated rings. The molecule has 0 saturated carbocycles. The fraction of sp³-hybridized carbons (Fsp3) is 0.467. The lowest BCUT2D eigenvalue weighted by molar-refractivity contribution is -0.137. The molecule has 0 atom stereocenters. The van der Waals surface area contributed by atoms with Crippen LogP contribution in [0.1, 0.15) is 10.4 Å². The van der Waals surface area contributed by atoms with Crippen LogP contribution in [0.15, 0.2) is 24.3 Å². The van der Waals surface area contributed by atoms with Crippen molar-refractivity contribution >= 4 is 17.6 Å². The first-order valence-corrected chi connectivity index (χ1v) is 6.74.